The number of benzene rings is 1. The van der Waals surface area contributed by atoms with Crippen LogP contribution in [-0.4, -0.2) is 29.6 Å². The number of carbonyl (C=O) groups is 2. The number of oxazole rings is 1. The van der Waals surface area contributed by atoms with E-state index >= 15 is 0 Å². The quantitative estimate of drug-likeness (QED) is 0.801. The standard InChI is InChI=1S/C16H19ClN2O5/c1-9(2)6-11(15(21)23-3)18-14(20)8-19-12-5-4-10(17)7-13(12)24-16(19)22/h4-5,7,9,11H,6,8H2,1-3H3,(H,18,20)/t11-/m0/s1. The molecule has 1 aromatic heterocycles. The molecule has 7 nitrogen and oxygen atoms in total. The Morgan fingerprint density at radius 3 is 2.71 bits per heavy atom. The molecule has 8 heteroatoms. The third-order valence-corrected chi connectivity index (χ3v) is 3.70. The highest BCUT2D eigenvalue weighted by molar-refractivity contribution is 6.31. The minimum atomic E-state index is -0.759. The molecule has 0 aliphatic heterocycles. The van der Waals surface area contributed by atoms with Crippen LogP contribution in [0, 0.1) is 5.92 Å². The normalized spacial score (nSPS) is 12.4. The van der Waals surface area contributed by atoms with Gasteiger partial charge in [0.05, 0.1) is 12.6 Å². The molecular weight excluding hydrogens is 336 g/mol. The van der Waals surface area contributed by atoms with E-state index < -0.39 is 23.7 Å². The summed E-state index contributed by atoms with van der Waals surface area (Å²) in [5.41, 5.74) is 0.755. The van der Waals surface area contributed by atoms with Gasteiger partial charge in [-0.15, -0.1) is 0 Å². The van der Waals surface area contributed by atoms with E-state index in [1.54, 1.807) is 12.1 Å². The Morgan fingerprint density at radius 1 is 1.38 bits per heavy atom. The van der Waals surface area contributed by atoms with Gasteiger partial charge in [-0.25, -0.2) is 9.59 Å². The van der Waals surface area contributed by atoms with Gasteiger partial charge in [-0.1, -0.05) is 25.4 Å². The first-order valence-electron chi connectivity index (χ1n) is 7.48. The first kappa shape index (κ1) is 18.1. The third-order valence-electron chi connectivity index (χ3n) is 3.46. The molecule has 0 aliphatic carbocycles. The molecule has 0 aliphatic rings. The van der Waals surface area contributed by atoms with Crippen molar-refractivity contribution in [2.24, 2.45) is 5.92 Å². The first-order valence-corrected chi connectivity index (χ1v) is 7.85. The number of nitrogens with one attached hydrogen (secondary N) is 1. The van der Waals surface area contributed by atoms with Crippen molar-refractivity contribution in [2.75, 3.05) is 7.11 Å². The second kappa shape index (κ2) is 7.53. The molecule has 0 fully saturated rings. The fourth-order valence-electron chi connectivity index (χ4n) is 2.40. The number of methoxy groups -OCH3 is 1. The number of ether oxygens (including phenoxy) is 1. The summed E-state index contributed by atoms with van der Waals surface area (Å²) in [5, 5.41) is 3.03. The number of carbonyl (C=O) groups excluding carboxylic acids is 2. The van der Waals surface area contributed by atoms with Gasteiger partial charge in [-0.3, -0.25) is 9.36 Å². The van der Waals surface area contributed by atoms with Crippen molar-refractivity contribution in [1.82, 2.24) is 9.88 Å². The minimum absolute atomic E-state index is 0.189. The van der Waals surface area contributed by atoms with Crippen LogP contribution in [0.5, 0.6) is 0 Å². The molecule has 2 aromatic rings. The summed E-state index contributed by atoms with van der Waals surface area (Å²) in [4.78, 5) is 35.9. The SMILES string of the molecule is COC(=O)[C@H](CC(C)C)NC(=O)Cn1c(=O)oc2cc(Cl)ccc21. The van der Waals surface area contributed by atoms with Crippen LogP contribution in [-0.2, 0) is 20.9 Å². The van der Waals surface area contributed by atoms with Crippen LogP contribution >= 0.6 is 11.6 Å². The molecule has 0 saturated heterocycles. The molecule has 1 aromatic carbocycles. The molecule has 130 valence electrons. The summed E-state index contributed by atoms with van der Waals surface area (Å²) >= 11 is 5.85. The highest BCUT2D eigenvalue weighted by Crippen LogP contribution is 2.18. The molecule has 1 atom stereocenters. The first-order chi connectivity index (χ1) is 11.3. The summed E-state index contributed by atoms with van der Waals surface area (Å²) in [6, 6.07) is 3.94. The smallest absolute Gasteiger partial charge is 0.420 e. The van der Waals surface area contributed by atoms with E-state index in [-0.39, 0.29) is 12.5 Å². The topological polar surface area (TPSA) is 90.5 Å². The van der Waals surface area contributed by atoms with Crippen molar-refractivity contribution in [1.29, 1.82) is 0 Å². The predicted molar refractivity (Wildman–Crippen MR) is 88.9 cm³/mol. The van der Waals surface area contributed by atoms with Gasteiger partial charge in [0, 0.05) is 11.1 Å². The average Bonchev–Trinajstić information content (AvgIpc) is 2.80. The van der Waals surface area contributed by atoms with E-state index in [1.165, 1.54) is 17.7 Å². The molecular formula is C16H19ClN2O5. The number of hydrogen-bond acceptors (Lipinski definition) is 5. The van der Waals surface area contributed by atoms with Crippen LogP contribution in [0.1, 0.15) is 20.3 Å². The zero-order chi connectivity index (χ0) is 17.9. The summed E-state index contributed by atoms with van der Waals surface area (Å²) in [5.74, 6) is -1.48. The van der Waals surface area contributed by atoms with Gasteiger partial charge in [0.2, 0.25) is 5.91 Å². The van der Waals surface area contributed by atoms with Crippen LogP contribution in [0.15, 0.2) is 27.4 Å². The molecule has 1 N–H and O–H groups in total. The maximum atomic E-state index is 12.2. The zero-order valence-corrected chi connectivity index (χ0v) is 14.4. The molecule has 0 radical (unpaired) electrons. The number of halogens is 1. The predicted octanol–water partition coefficient (Wildman–Crippen LogP) is 1.95. The Bertz CT molecular complexity index is 808. The molecule has 1 amide bonds. The molecule has 2 rings (SSSR count). The van der Waals surface area contributed by atoms with Crippen molar-refractivity contribution >= 4 is 34.6 Å². The van der Waals surface area contributed by atoms with Crippen LogP contribution < -0.4 is 11.1 Å². The molecule has 24 heavy (non-hydrogen) atoms. The Balaban J connectivity index is 2.18. The zero-order valence-electron chi connectivity index (χ0n) is 13.7. The van der Waals surface area contributed by atoms with Gasteiger partial charge < -0.3 is 14.5 Å². The summed E-state index contributed by atoms with van der Waals surface area (Å²) in [6.07, 6.45) is 0.440. The van der Waals surface area contributed by atoms with Crippen molar-refractivity contribution in [3.05, 3.63) is 33.8 Å². The molecule has 1 heterocycles. The molecule has 0 saturated carbocycles. The lowest BCUT2D eigenvalue weighted by atomic mass is 10.0. The lowest BCUT2D eigenvalue weighted by Crippen LogP contribution is -2.44. The Morgan fingerprint density at radius 2 is 2.08 bits per heavy atom. The van der Waals surface area contributed by atoms with Crippen molar-refractivity contribution in [2.45, 2.75) is 32.9 Å². The van der Waals surface area contributed by atoms with Gasteiger partial charge in [-0.2, -0.15) is 0 Å². The molecule has 0 spiro atoms. The maximum Gasteiger partial charge on any atom is 0.420 e. The van der Waals surface area contributed by atoms with Crippen LogP contribution in [0.2, 0.25) is 5.02 Å². The molecule has 0 bridgehead atoms. The summed E-state index contributed by atoms with van der Waals surface area (Å²) < 4.78 is 11.0. The Labute approximate surface area is 143 Å². The second-order valence-corrected chi connectivity index (χ2v) is 6.28. The van der Waals surface area contributed by atoms with E-state index in [1.807, 2.05) is 13.8 Å². The van der Waals surface area contributed by atoms with Gasteiger partial charge in [0.1, 0.15) is 12.6 Å². The monoisotopic (exact) mass is 354 g/mol. The number of nitrogens with zero attached hydrogens (tertiary/aromatic N) is 1. The number of hydrogen-bond donors (Lipinski definition) is 1. The number of rotatable bonds is 6. The fraction of sp³-hybridized carbons (Fsp3) is 0.438. The third kappa shape index (κ3) is 4.17. The summed E-state index contributed by atoms with van der Waals surface area (Å²) in [7, 11) is 1.26. The highest BCUT2D eigenvalue weighted by Gasteiger charge is 2.23. The van der Waals surface area contributed by atoms with E-state index in [2.05, 4.69) is 5.32 Å². The lowest BCUT2D eigenvalue weighted by molar-refractivity contribution is -0.145. The van der Waals surface area contributed by atoms with E-state index in [4.69, 9.17) is 20.8 Å². The fourth-order valence-corrected chi connectivity index (χ4v) is 2.56. The van der Waals surface area contributed by atoms with E-state index in [0.29, 0.717) is 22.5 Å². The minimum Gasteiger partial charge on any atom is -0.467 e. The van der Waals surface area contributed by atoms with Gasteiger partial charge in [-0.05, 0) is 24.5 Å². The van der Waals surface area contributed by atoms with Crippen LogP contribution in [0.4, 0.5) is 0 Å². The highest BCUT2D eigenvalue weighted by atomic mass is 35.5. The van der Waals surface area contributed by atoms with E-state index in [0.717, 1.165) is 0 Å². The number of aromatic nitrogens is 1. The van der Waals surface area contributed by atoms with Gasteiger partial charge >= 0.3 is 11.7 Å². The second-order valence-electron chi connectivity index (χ2n) is 5.84. The van der Waals surface area contributed by atoms with Crippen LogP contribution in [0.3, 0.4) is 0 Å². The summed E-state index contributed by atoms with van der Waals surface area (Å²) in [6.45, 7) is 3.60. The van der Waals surface area contributed by atoms with E-state index in [9.17, 15) is 14.4 Å². The van der Waals surface area contributed by atoms with Crippen molar-refractivity contribution < 1.29 is 18.7 Å². The Hall–Kier alpha value is -2.28. The van der Waals surface area contributed by atoms with Crippen molar-refractivity contribution in [3.63, 3.8) is 0 Å². The maximum absolute atomic E-state index is 12.2. The van der Waals surface area contributed by atoms with Gasteiger partial charge in [0.15, 0.2) is 5.58 Å². The number of fused-ring (bicyclic) bond motifs is 1. The van der Waals surface area contributed by atoms with Crippen LogP contribution in [0.25, 0.3) is 11.1 Å². The van der Waals surface area contributed by atoms with Gasteiger partial charge in [0.25, 0.3) is 0 Å². The van der Waals surface area contributed by atoms with Crippen molar-refractivity contribution in [3.8, 4) is 0 Å². The Kier molecular flexibility index (Phi) is 5.66. The number of amides is 1. The molecule has 0 unspecified atom stereocenters. The lowest BCUT2D eigenvalue weighted by Gasteiger charge is -2.18. The average molecular weight is 355 g/mol. The number of esters is 1. The largest absolute Gasteiger partial charge is 0.467 e.